The van der Waals surface area contributed by atoms with Gasteiger partial charge in [0.15, 0.2) is 5.96 Å². The van der Waals surface area contributed by atoms with Gasteiger partial charge in [0, 0.05) is 23.0 Å². The van der Waals surface area contributed by atoms with Gasteiger partial charge in [-0.05, 0) is 19.8 Å². The Bertz CT molecular complexity index is 603. The highest BCUT2D eigenvalue weighted by Gasteiger charge is 2.04. The van der Waals surface area contributed by atoms with Crippen LogP contribution in [0.25, 0.3) is 0 Å². The fourth-order valence-electron chi connectivity index (χ4n) is 1.84. The van der Waals surface area contributed by atoms with Crippen molar-refractivity contribution in [1.82, 2.24) is 20.6 Å². The molecule has 2 aromatic rings. The number of hydrogen-bond donors (Lipinski definition) is 2. The van der Waals surface area contributed by atoms with E-state index in [9.17, 15) is 0 Å². The second kappa shape index (κ2) is 8.85. The van der Waals surface area contributed by atoms with Crippen molar-refractivity contribution in [1.29, 1.82) is 0 Å². The maximum Gasteiger partial charge on any atom is 0.191 e. The minimum atomic E-state index is 0.601. The summed E-state index contributed by atoms with van der Waals surface area (Å²) >= 11 is 3.45. The first-order valence-electron chi connectivity index (χ1n) is 7.64. The van der Waals surface area contributed by atoms with Crippen LogP contribution >= 0.6 is 22.7 Å². The number of guanidine groups is 1. The first kappa shape index (κ1) is 16.9. The number of aryl methyl sites for hydroxylation is 2. The fraction of sp³-hybridized carbons (Fsp3) is 0.533. The third kappa shape index (κ3) is 5.06. The maximum absolute atomic E-state index is 4.59. The average Bonchev–Trinajstić information content (AvgIpc) is 3.18. The lowest BCUT2D eigenvalue weighted by atomic mass is 10.4. The summed E-state index contributed by atoms with van der Waals surface area (Å²) in [6, 6.07) is 0. The van der Waals surface area contributed by atoms with Crippen LogP contribution in [0.3, 0.4) is 0 Å². The van der Waals surface area contributed by atoms with Crippen molar-refractivity contribution >= 4 is 28.6 Å². The molecule has 0 radical (unpaired) electrons. The lowest BCUT2D eigenvalue weighted by Gasteiger charge is -2.09. The molecule has 7 heteroatoms. The highest BCUT2D eigenvalue weighted by atomic mass is 32.1. The number of aliphatic imine (C=N–C) groups is 1. The SMILES string of the molecule is CCNC(=NCc1csc(CC)n1)NCc1ncc(CC)s1. The van der Waals surface area contributed by atoms with Gasteiger partial charge in [-0.1, -0.05) is 13.8 Å². The van der Waals surface area contributed by atoms with E-state index in [1.54, 1.807) is 22.7 Å². The summed E-state index contributed by atoms with van der Waals surface area (Å²) in [5.41, 5.74) is 1.03. The van der Waals surface area contributed by atoms with E-state index in [2.05, 4.69) is 51.7 Å². The molecule has 0 aliphatic rings. The van der Waals surface area contributed by atoms with Crippen LogP contribution in [0.5, 0.6) is 0 Å². The molecule has 120 valence electrons. The molecule has 2 aromatic heterocycles. The molecule has 0 saturated heterocycles. The van der Waals surface area contributed by atoms with Crippen LogP contribution < -0.4 is 10.6 Å². The van der Waals surface area contributed by atoms with Gasteiger partial charge >= 0.3 is 0 Å². The zero-order chi connectivity index (χ0) is 15.8. The van der Waals surface area contributed by atoms with E-state index in [-0.39, 0.29) is 0 Å². The number of aromatic nitrogens is 2. The summed E-state index contributed by atoms with van der Waals surface area (Å²) in [6.45, 7) is 8.47. The lowest BCUT2D eigenvalue weighted by molar-refractivity contribution is 0.808. The van der Waals surface area contributed by atoms with Gasteiger partial charge in [0.25, 0.3) is 0 Å². The molecular weight excluding hydrogens is 314 g/mol. The highest BCUT2D eigenvalue weighted by Crippen LogP contribution is 2.13. The van der Waals surface area contributed by atoms with Gasteiger partial charge < -0.3 is 10.6 Å². The standard InChI is InChI=1S/C15H23N5S2/c1-4-12-8-17-14(22-12)9-19-15(16-6-3)18-7-11-10-21-13(5-2)20-11/h8,10H,4-7,9H2,1-3H3,(H2,16,18,19). The summed E-state index contributed by atoms with van der Waals surface area (Å²) in [6.07, 6.45) is 3.97. The molecule has 2 heterocycles. The topological polar surface area (TPSA) is 62.2 Å². The Labute approximate surface area is 139 Å². The van der Waals surface area contributed by atoms with Crippen LogP contribution in [0.15, 0.2) is 16.6 Å². The Hall–Kier alpha value is -1.47. The molecule has 0 unspecified atom stereocenters. The van der Waals surface area contributed by atoms with Crippen molar-refractivity contribution in [3.05, 3.63) is 32.2 Å². The van der Waals surface area contributed by atoms with Crippen molar-refractivity contribution < 1.29 is 0 Å². The van der Waals surface area contributed by atoms with Crippen molar-refractivity contribution in [3.8, 4) is 0 Å². The summed E-state index contributed by atoms with van der Waals surface area (Å²) in [5.74, 6) is 0.807. The van der Waals surface area contributed by atoms with Gasteiger partial charge in [0.2, 0.25) is 0 Å². The summed E-state index contributed by atoms with van der Waals surface area (Å²) in [4.78, 5) is 14.9. The fourth-order valence-corrected chi connectivity index (χ4v) is 3.38. The highest BCUT2D eigenvalue weighted by molar-refractivity contribution is 7.11. The van der Waals surface area contributed by atoms with E-state index in [4.69, 9.17) is 0 Å². The average molecular weight is 338 g/mol. The van der Waals surface area contributed by atoms with Gasteiger partial charge in [-0.15, -0.1) is 22.7 Å². The van der Waals surface area contributed by atoms with Crippen LogP contribution in [-0.4, -0.2) is 22.5 Å². The summed E-state index contributed by atoms with van der Waals surface area (Å²) in [5, 5.41) is 10.9. The molecule has 0 aliphatic carbocycles. The molecule has 5 nitrogen and oxygen atoms in total. The summed E-state index contributed by atoms with van der Waals surface area (Å²) in [7, 11) is 0. The molecular formula is C15H23N5S2. The number of nitrogens with zero attached hydrogens (tertiary/aromatic N) is 3. The molecule has 0 atom stereocenters. The number of thiazole rings is 2. The number of nitrogens with one attached hydrogen (secondary N) is 2. The van der Waals surface area contributed by atoms with E-state index < -0.39 is 0 Å². The molecule has 0 saturated carbocycles. The Balaban J connectivity index is 1.91. The van der Waals surface area contributed by atoms with Crippen LogP contribution in [0.1, 0.15) is 41.4 Å². The summed E-state index contributed by atoms with van der Waals surface area (Å²) < 4.78 is 0. The normalized spacial score (nSPS) is 11.7. The predicted molar refractivity (Wildman–Crippen MR) is 94.6 cm³/mol. The molecule has 0 aromatic carbocycles. The van der Waals surface area contributed by atoms with Crippen molar-refractivity contribution in [2.75, 3.05) is 6.54 Å². The third-order valence-electron chi connectivity index (χ3n) is 3.00. The van der Waals surface area contributed by atoms with Gasteiger partial charge in [0.05, 0.1) is 23.8 Å². The minimum Gasteiger partial charge on any atom is -0.357 e. The molecule has 0 bridgehead atoms. The zero-order valence-electron chi connectivity index (χ0n) is 13.3. The van der Waals surface area contributed by atoms with Crippen molar-refractivity contribution in [2.45, 2.75) is 46.7 Å². The predicted octanol–water partition coefficient (Wildman–Crippen LogP) is 2.98. The maximum atomic E-state index is 4.59. The molecule has 0 spiro atoms. The molecule has 2 N–H and O–H groups in total. The van der Waals surface area contributed by atoms with Gasteiger partial charge in [-0.25, -0.2) is 15.0 Å². The second-order valence-corrected chi connectivity index (χ2v) is 6.85. The Morgan fingerprint density at radius 3 is 2.68 bits per heavy atom. The van der Waals surface area contributed by atoms with E-state index in [1.165, 1.54) is 4.88 Å². The van der Waals surface area contributed by atoms with E-state index in [0.717, 1.165) is 41.1 Å². The first-order chi connectivity index (χ1) is 10.7. The zero-order valence-corrected chi connectivity index (χ0v) is 15.0. The Morgan fingerprint density at radius 1 is 1.18 bits per heavy atom. The van der Waals surface area contributed by atoms with Crippen molar-refractivity contribution in [2.24, 2.45) is 4.99 Å². The van der Waals surface area contributed by atoms with Gasteiger partial charge in [-0.3, -0.25) is 0 Å². The van der Waals surface area contributed by atoms with E-state index >= 15 is 0 Å². The van der Waals surface area contributed by atoms with Crippen LogP contribution in [0.4, 0.5) is 0 Å². The Kier molecular flexibility index (Phi) is 6.79. The Morgan fingerprint density at radius 2 is 2.05 bits per heavy atom. The quantitative estimate of drug-likeness (QED) is 0.602. The molecule has 22 heavy (non-hydrogen) atoms. The van der Waals surface area contributed by atoms with Crippen LogP contribution in [0, 0.1) is 0 Å². The number of hydrogen-bond acceptors (Lipinski definition) is 5. The van der Waals surface area contributed by atoms with E-state index in [0.29, 0.717) is 13.1 Å². The molecule has 0 amide bonds. The third-order valence-corrected chi connectivity index (χ3v) is 5.19. The van der Waals surface area contributed by atoms with Gasteiger partial charge in [-0.2, -0.15) is 0 Å². The van der Waals surface area contributed by atoms with Gasteiger partial charge in [0.1, 0.15) is 5.01 Å². The monoisotopic (exact) mass is 337 g/mol. The number of rotatable bonds is 7. The largest absolute Gasteiger partial charge is 0.357 e. The van der Waals surface area contributed by atoms with E-state index in [1.807, 2.05) is 6.20 Å². The molecule has 0 aliphatic heterocycles. The van der Waals surface area contributed by atoms with Crippen LogP contribution in [0.2, 0.25) is 0 Å². The smallest absolute Gasteiger partial charge is 0.191 e. The minimum absolute atomic E-state index is 0.601. The molecule has 2 rings (SSSR count). The second-order valence-electron chi connectivity index (χ2n) is 4.71. The first-order valence-corrected chi connectivity index (χ1v) is 9.33. The van der Waals surface area contributed by atoms with Crippen LogP contribution in [-0.2, 0) is 25.9 Å². The lowest BCUT2D eigenvalue weighted by Crippen LogP contribution is -2.36. The van der Waals surface area contributed by atoms with Crippen molar-refractivity contribution in [3.63, 3.8) is 0 Å². The molecule has 0 fully saturated rings.